The highest BCUT2D eigenvalue weighted by atomic mass is 32.2. The van der Waals surface area contributed by atoms with Crippen LogP contribution in [0.1, 0.15) is 23.1 Å². The van der Waals surface area contributed by atoms with Gasteiger partial charge >= 0.3 is 5.97 Å². The molecule has 122 valence electrons. The number of methoxy groups -OCH3 is 1. The van der Waals surface area contributed by atoms with Gasteiger partial charge in [0.25, 0.3) is 0 Å². The van der Waals surface area contributed by atoms with E-state index in [1.54, 1.807) is 17.8 Å². The molecule has 0 unspecified atom stereocenters. The van der Waals surface area contributed by atoms with E-state index in [-0.39, 0.29) is 18.2 Å². The van der Waals surface area contributed by atoms with Crippen LogP contribution in [-0.2, 0) is 9.53 Å². The standard InChI is InChI=1S/C20H17FO2S/c1-23-20(22)11-15-10-14(18-8-5-16(21)12-19(15)18)9-13-3-6-17(24-2)7-4-13/h3-10,12H,11H2,1-2H3/b14-9+. The predicted molar refractivity (Wildman–Crippen MR) is 97.1 cm³/mol. The number of hydrogen-bond acceptors (Lipinski definition) is 3. The van der Waals surface area contributed by atoms with Gasteiger partial charge < -0.3 is 4.74 Å². The van der Waals surface area contributed by atoms with Crippen LogP contribution in [0.5, 0.6) is 0 Å². The molecule has 0 saturated carbocycles. The molecule has 0 radical (unpaired) electrons. The van der Waals surface area contributed by atoms with Crippen LogP contribution in [0.4, 0.5) is 4.39 Å². The van der Waals surface area contributed by atoms with E-state index in [4.69, 9.17) is 4.74 Å². The van der Waals surface area contributed by atoms with Crippen molar-refractivity contribution < 1.29 is 13.9 Å². The van der Waals surface area contributed by atoms with Gasteiger partial charge in [0.05, 0.1) is 13.5 Å². The highest BCUT2D eigenvalue weighted by Crippen LogP contribution is 2.38. The van der Waals surface area contributed by atoms with Crippen LogP contribution < -0.4 is 0 Å². The van der Waals surface area contributed by atoms with Gasteiger partial charge in [0, 0.05) is 4.90 Å². The van der Waals surface area contributed by atoms with E-state index >= 15 is 0 Å². The number of rotatable bonds is 4. The van der Waals surface area contributed by atoms with Crippen molar-refractivity contribution in [2.45, 2.75) is 11.3 Å². The zero-order chi connectivity index (χ0) is 17.1. The fourth-order valence-electron chi connectivity index (χ4n) is 2.75. The number of carbonyl (C=O) groups excluding carboxylic acids is 1. The Balaban J connectivity index is 2.01. The van der Waals surface area contributed by atoms with Gasteiger partial charge in [-0.1, -0.05) is 18.2 Å². The summed E-state index contributed by atoms with van der Waals surface area (Å²) < 4.78 is 18.4. The van der Waals surface area contributed by atoms with Gasteiger partial charge in [0.15, 0.2) is 0 Å². The van der Waals surface area contributed by atoms with Gasteiger partial charge in [0.1, 0.15) is 5.82 Å². The summed E-state index contributed by atoms with van der Waals surface area (Å²) in [5.41, 5.74) is 4.51. The Kier molecular flexibility index (Phi) is 4.86. The van der Waals surface area contributed by atoms with Crippen molar-refractivity contribution in [1.82, 2.24) is 0 Å². The van der Waals surface area contributed by atoms with Gasteiger partial charge in [0.2, 0.25) is 0 Å². The maximum Gasteiger partial charge on any atom is 0.310 e. The second-order valence-corrected chi connectivity index (χ2v) is 6.36. The lowest BCUT2D eigenvalue weighted by atomic mass is 10.0. The van der Waals surface area contributed by atoms with E-state index in [2.05, 4.69) is 12.1 Å². The maximum atomic E-state index is 13.6. The first-order valence-corrected chi connectivity index (χ1v) is 8.76. The van der Waals surface area contributed by atoms with Crippen LogP contribution >= 0.6 is 11.8 Å². The Morgan fingerprint density at radius 3 is 2.58 bits per heavy atom. The zero-order valence-corrected chi connectivity index (χ0v) is 14.3. The Morgan fingerprint density at radius 2 is 1.92 bits per heavy atom. The molecular weight excluding hydrogens is 323 g/mol. The van der Waals surface area contributed by atoms with Crippen LogP contribution in [0.3, 0.4) is 0 Å². The minimum Gasteiger partial charge on any atom is -0.469 e. The Morgan fingerprint density at radius 1 is 1.17 bits per heavy atom. The zero-order valence-electron chi connectivity index (χ0n) is 13.5. The number of ether oxygens (including phenoxy) is 1. The summed E-state index contributed by atoms with van der Waals surface area (Å²) in [6.07, 6.45) is 6.15. The summed E-state index contributed by atoms with van der Waals surface area (Å²) in [7, 11) is 1.36. The average molecular weight is 340 g/mol. The summed E-state index contributed by atoms with van der Waals surface area (Å²) in [5.74, 6) is -0.642. The lowest BCUT2D eigenvalue weighted by Crippen LogP contribution is -2.00. The second-order valence-electron chi connectivity index (χ2n) is 5.49. The molecule has 0 aromatic heterocycles. The largest absolute Gasteiger partial charge is 0.469 e. The molecule has 0 N–H and O–H groups in total. The normalized spacial score (nSPS) is 14.5. The molecule has 0 bridgehead atoms. The van der Waals surface area contributed by atoms with Crippen molar-refractivity contribution in [1.29, 1.82) is 0 Å². The van der Waals surface area contributed by atoms with Crippen molar-refractivity contribution in [2.75, 3.05) is 13.4 Å². The molecule has 2 nitrogen and oxygen atoms in total. The van der Waals surface area contributed by atoms with Crippen LogP contribution in [0.25, 0.3) is 17.2 Å². The Bertz CT molecular complexity index is 835. The van der Waals surface area contributed by atoms with Gasteiger partial charge in [-0.15, -0.1) is 11.8 Å². The lowest BCUT2D eigenvalue weighted by molar-refractivity contribution is -0.139. The van der Waals surface area contributed by atoms with E-state index in [0.717, 1.165) is 27.8 Å². The second kappa shape index (κ2) is 7.05. The highest BCUT2D eigenvalue weighted by molar-refractivity contribution is 7.98. The molecule has 0 aliphatic heterocycles. The van der Waals surface area contributed by atoms with Gasteiger partial charge in [-0.2, -0.15) is 0 Å². The van der Waals surface area contributed by atoms with E-state index in [9.17, 15) is 9.18 Å². The average Bonchev–Trinajstić information content (AvgIpc) is 2.92. The smallest absolute Gasteiger partial charge is 0.310 e. The van der Waals surface area contributed by atoms with Crippen LogP contribution in [-0.4, -0.2) is 19.3 Å². The first-order valence-electron chi connectivity index (χ1n) is 7.54. The van der Waals surface area contributed by atoms with E-state index in [0.29, 0.717) is 0 Å². The lowest BCUT2D eigenvalue weighted by Gasteiger charge is -2.05. The molecule has 2 aromatic carbocycles. The SMILES string of the molecule is COC(=O)CC1=C/C(=C\c2ccc(SC)cc2)c2ccc(F)cc21. The molecule has 0 amide bonds. The molecule has 4 heteroatoms. The van der Waals surface area contributed by atoms with Crippen molar-refractivity contribution in [2.24, 2.45) is 0 Å². The molecular formula is C20H17FO2S. The first kappa shape index (κ1) is 16.5. The molecule has 24 heavy (non-hydrogen) atoms. The molecule has 0 fully saturated rings. The predicted octanol–water partition coefficient (Wildman–Crippen LogP) is 5.05. The number of benzene rings is 2. The summed E-state index contributed by atoms with van der Waals surface area (Å²) in [4.78, 5) is 12.8. The van der Waals surface area contributed by atoms with Crippen molar-refractivity contribution in [3.05, 3.63) is 71.0 Å². The molecule has 0 atom stereocenters. The number of thioether (sulfide) groups is 1. The molecule has 0 heterocycles. The highest BCUT2D eigenvalue weighted by Gasteiger charge is 2.21. The van der Waals surface area contributed by atoms with E-state index in [1.165, 1.54) is 24.1 Å². The topological polar surface area (TPSA) is 26.3 Å². The summed E-state index contributed by atoms with van der Waals surface area (Å²) >= 11 is 1.69. The fourth-order valence-corrected chi connectivity index (χ4v) is 3.16. The van der Waals surface area contributed by atoms with Gasteiger partial charge in [-0.25, -0.2) is 4.39 Å². The van der Waals surface area contributed by atoms with Crippen molar-refractivity contribution >= 4 is 35.0 Å². The maximum absolute atomic E-state index is 13.6. The molecule has 1 aliphatic carbocycles. The molecule has 2 aromatic rings. The number of allylic oxidation sites excluding steroid dienone is 2. The van der Waals surface area contributed by atoms with Crippen LogP contribution in [0.15, 0.2) is 53.4 Å². The minimum atomic E-state index is -0.331. The number of hydrogen-bond donors (Lipinski definition) is 0. The quantitative estimate of drug-likeness (QED) is 0.575. The summed E-state index contributed by atoms with van der Waals surface area (Å²) in [6, 6.07) is 12.9. The van der Waals surface area contributed by atoms with Crippen molar-refractivity contribution in [3.8, 4) is 0 Å². The van der Waals surface area contributed by atoms with Gasteiger partial charge in [-0.05, 0) is 70.5 Å². The Hall–Kier alpha value is -2.33. The van der Waals surface area contributed by atoms with E-state index < -0.39 is 0 Å². The first-order chi connectivity index (χ1) is 11.6. The molecule has 0 spiro atoms. The van der Waals surface area contributed by atoms with Crippen LogP contribution in [0, 0.1) is 5.82 Å². The molecule has 0 saturated heterocycles. The minimum absolute atomic E-state index is 0.135. The third-order valence-electron chi connectivity index (χ3n) is 3.97. The fraction of sp³-hybridized carbons (Fsp3) is 0.150. The molecule has 1 aliphatic rings. The Labute approximate surface area is 145 Å². The number of halogens is 1. The number of fused-ring (bicyclic) bond motifs is 1. The third-order valence-corrected chi connectivity index (χ3v) is 4.71. The van der Waals surface area contributed by atoms with E-state index in [1.807, 2.05) is 30.5 Å². The summed E-state index contributed by atoms with van der Waals surface area (Å²) in [5, 5.41) is 0. The number of esters is 1. The summed E-state index contributed by atoms with van der Waals surface area (Å²) in [6.45, 7) is 0. The monoisotopic (exact) mass is 340 g/mol. The third kappa shape index (κ3) is 3.44. The van der Waals surface area contributed by atoms with Gasteiger partial charge in [-0.3, -0.25) is 4.79 Å². The van der Waals surface area contributed by atoms with Crippen molar-refractivity contribution in [3.63, 3.8) is 0 Å². The van der Waals surface area contributed by atoms with Crippen LogP contribution in [0.2, 0.25) is 0 Å². The molecule has 3 rings (SSSR count). The number of carbonyl (C=O) groups is 1.